The Kier molecular flexibility index (Phi) is 4.03. The summed E-state index contributed by atoms with van der Waals surface area (Å²) in [7, 11) is 0. The van der Waals surface area contributed by atoms with Crippen LogP contribution in [0.5, 0.6) is 0 Å². The first-order chi connectivity index (χ1) is 10.2. The molecule has 21 heavy (non-hydrogen) atoms. The quantitative estimate of drug-likeness (QED) is 0.834. The normalized spacial score (nSPS) is 18.9. The molecule has 5 nitrogen and oxygen atoms in total. The second-order valence-corrected chi connectivity index (χ2v) is 5.70. The molecular formula is C16H20N2O3. The number of aliphatic hydroxyl groups is 1. The number of nitrogens with zero attached hydrogens (tertiary/aromatic N) is 2. The van der Waals surface area contributed by atoms with Gasteiger partial charge in [0.05, 0.1) is 24.4 Å². The second kappa shape index (κ2) is 5.95. The van der Waals surface area contributed by atoms with Crippen molar-refractivity contribution in [3.8, 4) is 0 Å². The number of fused-ring (bicyclic) bond motifs is 1. The highest BCUT2D eigenvalue weighted by atomic mass is 16.3. The number of aliphatic hydroxyl groups excluding tert-OH is 1. The second-order valence-electron chi connectivity index (χ2n) is 5.70. The maximum atomic E-state index is 12.4. The van der Waals surface area contributed by atoms with E-state index in [-0.39, 0.29) is 25.1 Å². The van der Waals surface area contributed by atoms with Gasteiger partial charge in [-0.2, -0.15) is 0 Å². The summed E-state index contributed by atoms with van der Waals surface area (Å²) < 4.78 is 0. The molecule has 0 aromatic heterocycles. The number of carbonyl (C=O) groups is 2. The Hall–Kier alpha value is -1.72. The van der Waals surface area contributed by atoms with E-state index in [1.165, 1.54) is 17.7 Å². The predicted molar refractivity (Wildman–Crippen MR) is 77.9 cm³/mol. The Bertz CT molecular complexity index is 517. The molecule has 1 aliphatic carbocycles. The summed E-state index contributed by atoms with van der Waals surface area (Å²) in [4.78, 5) is 28.1. The van der Waals surface area contributed by atoms with Gasteiger partial charge in [0.15, 0.2) is 0 Å². The summed E-state index contributed by atoms with van der Waals surface area (Å²) in [5.74, 6) is -0.451. The Morgan fingerprint density at radius 1 is 1.10 bits per heavy atom. The van der Waals surface area contributed by atoms with Crippen LogP contribution >= 0.6 is 0 Å². The first-order valence-corrected chi connectivity index (χ1v) is 7.52. The number of rotatable bonds is 5. The molecular weight excluding hydrogens is 268 g/mol. The van der Waals surface area contributed by atoms with Crippen LogP contribution in [0.4, 0.5) is 0 Å². The first kappa shape index (κ1) is 14.2. The van der Waals surface area contributed by atoms with Gasteiger partial charge in [0.25, 0.3) is 11.8 Å². The van der Waals surface area contributed by atoms with Gasteiger partial charge in [0.1, 0.15) is 0 Å². The number of amides is 2. The molecule has 112 valence electrons. The van der Waals surface area contributed by atoms with E-state index in [2.05, 4.69) is 4.90 Å². The van der Waals surface area contributed by atoms with Crippen LogP contribution in [0.15, 0.2) is 24.3 Å². The lowest BCUT2D eigenvalue weighted by atomic mass is 10.1. The van der Waals surface area contributed by atoms with Crippen molar-refractivity contribution in [1.82, 2.24) is 9.80 Å². The Balaban J connectivity index is 1.78. The summed E-state index contributed by atoms with van der Waals surface area (Å²) >= 11 is 0. The van der Waals surface area contributed by atoms with Gasteiger partial charge in [-0.05, 0) is 25.0 Å². The molecule has 2 aliphatic rings. The van der Waals surface area contributed by atoms with Gasteiger partial charge in [-0.3, -0.25) is 19.4 Å². The Morgan fingerprint density at radius 3 is 2.19 bits per heavy atom. The van der Waals surface area contributed by atoms with E-state index in [4.69, 9.17) is 0 Å². The minimum atomic E-state index is -0.225. The number of imide groups is 1. The SMILES string of the molecule is O=C1c2ccccc2C(=O)N1CN(CCO)C1CCCC1. The van der Waals surface area contributed by atoms with E-state index >= 15 is 0 Å². The summed E-state index contributed by atoms with van der Waals surface area (Å²) in [5.41, 5.74) is 0.968. The zero-order chi connectivity index (χ0) is 14.8. The smallest absolute Gasteiger partial charge is 0.262 e. The zero-order valence-electron chi connectivity index (χ0n) is 12.0. The van der Waals surface area contributed by atoms with Crippen LogP contribution < -0.4 is 0 Å². The summed E-state index contributed by atoms with van der Waals surface area (Å²) in [5, 5.41) is 9.25. The largest absolute Gasteiger partial charge is 0.395 e. The van der Waals surface area contributed by atoms with Crippen LogP contribution in [0.3, 0.4) is 0 Å². The molecule has 5 heteroatoms. The van der Waals surface area contributed by atoms with Crippen molar-refractivity contribution in [3.05, 3.63) is 35.4 Å². The van der Waals surface area contributed by atoms with Crippen molar-refractivity contribution >= 4 is 11.8 Å². The molecule has 1 aromatic rings. The number of carbonyl (C=O) groups excluding carboxylic acids is 2. The molecule has 1 N–H and O–H groups in total. The highest BCUT2D eigenvalue weighted by Gasteiger charge is 2.37. The minimum Gasteiger partial charge on any atom is -0.395 e. The molecule has 3 rings (SSSR count). The molecule has 1 fully saturated rings. The fourth-order valence-electron chi connectivity index (χ4n) is 3.32. The van der Waals surface area contributed by atoms with Crippen LogP contribution in [0.25, 0.3) is 0 Å². The molecule has 0 radical (unpaired) electrons. The van der Waals surface area contributed by atoms with Gasteiger partial charge in [-0.1, -0.05) is 25.0 Å². The summed E-state index contributed by atoms with van der Waals surface area (Å²) in [6.45, 7) is 0.815. The maximum absolute atomic E-state index is 12.4. The van der Waals surface area contributed by atoms with Crippen LogP contribution in [0.1, 0.15) is 46.4 Å². The lowest BCUT2D eigenvalue weighted by Crippen LogP contribution is -2.46. The first-order valence-electron chi connectivity index (χ1n) is 7.52. The fourth-order valence-corrected chi connectivity index (χ4v) is 3.32. The molecule has 1 aromatic carbocycles. The summed E-state index contributed by atoms with van der Waals surface area (Å²) in [6, 6.07) is 7.30. The number of benzene rings is 1. The average Bonchev–Trinajstić information content (AvgIpc) is 3.11. The van der Waals surface area contributed by atoms with Crippen molar-refractivity contribution in [2.75, 3.05) is 19.8 Å². The van der Waals surface area contributed by atoms with Gasteiger partial charge in [0.2, 0.25) is 0 Å². The molecule has 0 bridgehead atoms. The van der Waals surface area contributed by atoms with Crippen molar-refractivity contribution in [2.24, 2.45) is 0 Å². The van der Waals surface area contributed by atoms with E-state index < -0.39 is 0 Å². The van der Waals surface area contributed by atoms with E-state index in [1.54, 1.807) is 24.3 Å². The molecule has 2 amide bonds. The van der Waals surface area contributed by atoms with E-state index in [9.17, 15) is 14.7 Å². The van der Waals surface area contributed by atoms with Crippen molar-refractivity contribution in [3.63, 3.8) is 0 Å². The maximum Gasteiger partial charge on any atom is 0.262 e. The van der Waals surface area contributed by atoms with Gasteiger partial charge >= 0.3 is 0 Å². The van der Waals surface area contributed by atoms with E-state index in [0.29, 0.717) is 23.7 Å². The predicted octanol–water partition coefficient (Wildman–Crippen LogP) is 1.48. The van der Waals surface area contributed by atoms with Gasteiger partial charge in [0, 0.05) is 12.6 Å². The molecule has 0 unspecified atom stereocenters. The van der Waals surface area contributed by atoms with Gasteiger partial charge in [-0.25, -0.2) is 0 Å². The zero-order valence-corrected chi connectivity index (χ0v) is 12.0. The molecule has 0 saturated heterocycles. The lowest BCUT2D eigenvalue weighted by Gasteiger charge is -2.31. The van der Waals surface area contributed by atoms with Crippen LogP contribution in [0, 0.1) is 0 Å². The van der Waals surface area contributed by atoms with Gasteiger partial charge < -0.3 is 5.11 Å². The van der Waals surface area contributed by atoms with Gasteiger partial charge in [-0.15, -0.1) is 0 Å². The standard InChI is InChI=1S/C16H20N2O3/c19-10-9-17(12-5-1-2-6-12)11-18-15(20)13-7-3-4-8-14(13)16(18)21/h3-4,7-8,12,19H,1-2,5-6,9-11H2. The molecule has 1 saturated carbocycles. The molecule has 0 spiro atoms. The lowest BCUT2D eigenvalue weighted by molar-refractivity contribution is 0.0449. The van der Waals surface area contributed by atoms with E-state index in [1.807, 2.05) is 0 Å². The average molecular weight is 288 g/mol. The third-order valence-corrected chi connectivity index (χ3v) is 4.43. The van der Waals surface area contributed by atoms with Crippen molar-refractivity contribution in [2.45, 2.75) is 31.7 Å². The topological polar surface area (TPSA) is 60.9 Å². The van der Waals surface area contributed by atoms with Crippen LogP contribution in [-0.2, 0) is 0 Å². The third-order valence-electron chi connectivity index (χ3n) is 4.43. The Labute approximate surface area is 124 Å². The monoisotopic (exact) mass is 288 g/mol. The minimum absolute atomic E-state index is 0.0413. The molecule has 1 aliphatic heterocycles. The van der Waals surface area contributed by atoms with E-state index in [0.717, 1.165) is 12.8 Å². The summed E-state index contributed by atoms with van der Waals surface area (Å²) in [6.07, 6.45) is 4.50. The number of hydrogen-bond donors (Lipinski definition) is 1. The van der Waals surface area contributed by atoms with Crippen molar-refractivity contribution < 1.29 is 14.7 Å². The highest BCUT2D eigenvalue weighted by Crippen LogP contribution is 2.26. The molecule has 0 atom stereocenters. The third kappa shape index (κ3) is 2.59. The Morgan fingerprint density at radius 2 is 1.67 bits per heavy atom. The van der Waals surface area contributed by atoms with Crippen LogP contribution in [-0.4, -0.2) is 52.6 Å². The number of hydrogen-bond acceptors (Lipinski definition) is 4. The molecule has 1 heterocycles. The van der Waals surface area contributed by atoms with Crippen molar-refractivity contribution in [1.29, 1.82) is 0 Å². The fraction of sp³-hybridized carbons (Fsp3) is 0.500. The highest BCUT2D eigenvalue weighted by molar-refractivity contribution is 6.21. The van der Waals surface area contributed by atoms with Crippen LogP contribution in [0.2, 0.25) is 0 Å².